The van der Waals surface area contributed by atoms with E-state index in [1.807, 2.05) is 31.2 Å². The van der Waals surface area contributed by atoms with E-state index < -0.39 is 0 Å². The zero-order valence-corrected chi connectivity index (χ0v) is 16.2. The van der Waals surface area contributed by atoms with Gasteiger partial charge in [0.1, 0.15) is 11.5 Å². The Bertz CT molecular complexity index is 1010. The van der Waals surface area contributed by atoms with Crippen molar-refractivity contribution >= 4 is 11.8 Å². The Morgan fingerprint density at radius 2 is 2.03 bits per heavy atom. The van der Waals surface area contributed by atoms with E-state index >= 15 is 0 Å². The van der Waals surface area contributed by atoms with Crippen LogP contribution >= 0.6 is 0 Å². The van der Waals surface area contributed by atoms with E-state index in [1.54, 1.807) is 23.2 Å². The van der Waals surface area contributed by atoms with Crippen molar-refractivity contribution in [1.82, 2.24) is 25.7 Å². The number of aromatic amines is 1. The predicted octanol–water partition coefficient (Wildman–Crippen LogP) is 1.84. The highest BCUT2D eigenvalue weighted by Gasteiger charge is 2.22. The number of nitrogens with zero attached hydrogens (tertiary/aromatic N) is 2. The fourth-order valence-corrected chi connectivity index (χ4v) is 3.33. The lowest BCUT2D eigenvalue weighted by molar-refractivity contribution is -0.123. The average molecular weight is 393 g/mol. The number of rotatable bonds is 6. The summed E-state index contributed by atoms with van der Waals surface area (Å²) in [7, 11) is 0. The van der Waals surface area contributed by atoms with Gasteiger partial charge in [0.05, 0.1) is 12.7 Å². The normalized spacial score (nSPS) is 14.1. The molecule has 3 N–H and O–H groups in total. The zero-order chi connectivity index (χ0) is 20.2. The Morgan fingerprint density at radius 1 is 1.21 bits per heavy atom. The van der Waals surface area contributed by atoms with Gasteiger partial charge < -0.3 is 20.0 Å². The van der Waals surface area contributed by atoms with E-state index in [9.17, 15) is 9.59 Å². The molecular formula is C21H23N5O3. The van der Waals surface area contributed by atoms with Crippen molar-refractivity contribution in [2.24, 2.45) is 0 Å². The second kappa shape index (κ2) is 8.32. The molecule has 2 amide bonds. The highest BCUT2D eigenvalue weighted by molar-refractivity contribution is 5.97. The summed E-state index contributed by atoms with van der Waals surface area (Å²) >= 11 is 0. The molecule has 0 spiro atoms. The summed E-state index contributed by atoms with van der Waals surface area (Å²) in [6, 6.07) is 11.3. The van der Waals surface area contributed by atoms with Gasteiger partial charge in [0.25, 0.3) is 5.91 Å². The lowest BCUT2D eigenvalue weighted by Gasteiger charge is -2.26. The van der Waals surface area contributed by atoms with Crippen LogP contribution in [0.1, 0.15) is 27.2 Å². The van der Waals surface area contributed by atoms with Gasteiger partial charge in [0.15, 0.2) is 5.76 Å². The van der Waals surface area contributed by atoms with E-state index in [2.05, 4.69) is 20.8 Å². The molecule has 8 heteroatoms. The second-order valence-electron chi connectivity index (χ2n) is 7.06. The summed E-state index contributed by atoms with van der Waals surface area (Å²) < 4.78 is 5.67. The first kappa shape index (κ1) is 18.9. The van der Waals surface area contributed by atoms with Crippen molar-refractivity contribution in [3.05, 3.63) is 65.0 Å². The topological polar surface area (TPSA) is 103 Å². The highest BCUT2D eigenvalue weighted by Crippen LogP contribution is 2.23. The molecule has 0 saturated carbocycles. The van der Waals surface area contributed by atoms with E-state index in [-0.39, 0.29) is 18.4 Å². The molecule has 1 fully saturated rings. The van der Waals surface area contributed by atoms with Crippen molar-refractivity contribution < 1.29 is 14.0 Å². The Morgan fingerprint density at radius 3 is 2.76 bits per heavy atom. The van der Waals surface area contributed by atoms with Crippen LogP contribution in [0, 0.1) is 6.92 Å². The molecular weight excluding hydrogens is 370 g/mol. The monoisotopic (exact) mass is 393 g/mol. The number of aryl methyl sites for hydroxylation is 1. The lowest BCUT2D eigenvalue weighted by Crippen LogP contribution is -2.49. The molecule has 0 atom stereocenters. The maximum atomic E-state index is 12.5. The van der Waals surface area contributed by atoms with Gasteiger partial charge in [-0.1, -0.05) is 12.1 Å². The second-order valence-corrected chi connectivity index (χ2v) is 7.06. The molecule has 0 aliphatic carbocycles. The van der Waals surface area contributed by atoms with Crippen LogP contribution in [0.25, 0.3) is 11.5 Å². The maximum absolute atomic E-state index is 12.5. The van der Waals surface area contributed by atoms with Crippen LogP contribution in [0.5, 0.6) is 0 Å². The number of H-pyrrole nitrogens is 1. The number of furan rings is 1. The number of benzene rings is 1. The average Bonchev–Trinajstić information content (AvgIpc) is 3.36. The van der Waals surface area contributed by atoms with Gasteiger partial charge >= 0.3 is 0 Å². The van der Waals surface area contributed by atoms with Crippen molar-refractivity contribution in [3.63, 3.8) is 0 Å². The minimum atomic E-state index is -0.117. The van der Waals surface area contributed by atoms with Crippen molar-refractivity contribution in [2.45, 2.75) is 20.0 Å². The number of amides is 2. The van der Waals surface area contributed by atoms with Crippen molar-refractivity contribution in [3.8, 4) is 11.5 Å². The molecule has 0 radical (unpaired) electrons. The van der Waals surface area contributed by atoms with E-state index in [0.717, 1.165) is 28.3 Å². The van der Waals surface area contributed by atoms with E-state index in [4.69, 9.17) is 4.42 Å². The first-order chi connectivity index (χ1) is 14.1. The fraction of sp³-hybridized carbons (Fsp3) is 0.286. The first-order valence-electron chi connectivity index (χ1n) is 9.55. The van der Waals surface area contributed by atoms with Gasteiger partial charge in [-0.3, -0.25) is 14.7 Å². The van der Waals surface area contributed by atoms with Crippen LogP contribution in [0.15, 0.2) is 47.0 Å². The Hall–Kier alpha value is -3.39. The zero-order valence-electron chi connectivity index (χ0n) is 16.2. The Balaban J connectivity index is 1.33. The third-order valence-corrected chi connectivity index (χ3v) is 4.88. The van der Waals surface area contributed by atoms with Crippen LogP contribution in [0.4, 0.5) is 0 Å². The largest absolute Gasteiger partial charge is 0.460 e. The molecule has 3 heterocycles. The molecule has 150 valence electrons. The molecule has 2 aromatic heterocycles. The third kappa shape index (κ3) is 4.38. The van der Waals surface area contributed by atoms with Crippen LogP contribution in [-0.4, -0.2) is 46.5 Å². The molecule has 1 saturated heterocycles. The lowest BCUT2D eigenvalue weighted by atomic mass is 10.1. The van der Waals surface area contributed by atoms with Crippen molar-refractivity contribution in [2.75, 3.05) is 19.6 Å². The number of piperazine rings is 1. The number of hydrogen-bond acceptors (Lipinski definition) is 5. The summed E-state index contributed by atoms with van der Waals surface area (Å²) in [6.07, 6.45) is 1.79. The first-order valence-corrected chi connectivity index (χ1v) is 9.55. The summed E-state index contributed by atoms with van der Waals surface area (Å²) in [6.45, 7) is 4.35. The summed E-state index contributed by atoms with van der Waals surface area (Å²) in [5, 5.41) is 13.2. The molecule has 29 heavy (non-hydrogen) atoms. The van der Waals surface area contributed by atoms with Gasteiger partial charge in [-0.2, -0.15) is 5.10 Å². The number of carbonyl (C=O) groups is 2. The minimum absolute atomic E-state index is 0.115. The van der Waals surface area contributed by atoms with Crippen LogP contribution < -0.4 is 10.6 Å². The smallest absolute Gasteiger partial charge is 0.254 e. The molecule has 1 aromatic carbocycles. The van der Waals surface area contributed by atoms with Gasteiger partial charge in [0.2, 0.25) is 5.91 Å². The Kier molecular flexibility index (Phi) is 5.44. The van der Waals surface area contributed by atoms with Gasteiger partial charge in [-0.25, -0.2) is 0 Å². The van der Waals surface area contributed by atoms with Crippen LogP contribution in [0.3, 0.4) is 0 Å². The SMILES string of the molecule is Cc1ccc(-c2[nH]ncc2CNCc2ccc(C(=O)N3CCNC(=O)C3)cc2)o1. The standard InChI is InChI=1S/C21H23N5O3/c1-14-2-7-18(29-14)20-17(12-24-25-20)11-22-10-15-3-5-16(6-4-15)21(28)26-9-8-23-19(27)13-26/h2-7,12,22H,8-11,13H2,1H3,(H,23,27)(H,24,25). The quantitative estimate of drug-likeness (QED) is 0.593. The molecule has 1 aliphatic heterocycles. The van der Waals surface area contributed by atoms with Crippen LogP contribution in [0.2, 0.25) is 0 Å². The number of hydrogen-bond donors (Lipinski definition) is 3. The van der Waals surface area contributed by atoms with E-state index in [0.29, 0.717) is 31.7 Å². The Labute approximate surface area is 168 Å². The maximum Gasteiger partial charge on any atom is 0.254 e. The molecule has 8 nitrogen and oxygen atoms in total. The molecule has 4 rings (SSSR count). The summed E-state index contributed by atoms with van der Waals surface area (Å²) in [4.78, 5) is 25.6. The molecule has 3 aromatic rings. The van der Waals surface area contributed by atoms with Gasteiger partial charge in [-0.15, -0.1) is 0 Å². The highest BCUT2D eigenvalue weighted by atomic mass is 16.3. The van der Waals surface area contributed by atoms with Gasteiger partial charge in [-0.05, 0) is 36.8 Å². The number of aromatic nitrogens is 2. The minimum Gasteiger partial charge on any atom is -0.460 e. The number of carbonyl (C=O) groups excluding carboxylic acids is 2. The summed E-state index contributed by atoms with van der Waals surface area (Å²) in [5.41, 5.74) is 3.55. The van der Waals surface area contributed by atoms with Gasteiger partial charge in [0, 0.05) is 37.3 Å². The third-order valence-electron chi connectivity index (χ3n) is 4.88. The number of nitrogens with one attached hydrogen (secondary N) is 3. The van der Waals surface area contributed by atoms with Crippen molar-refractivity contribution in [1.29, 1.82) is 0 Å². The molecule has 0 bridgehead atoms. The van der Waals surface area contributed by atoms with E-state index in [1.165, 1.54) is 0 Å². The van der Waals surface area contributed by atoms with Crippen LogP contribution in [-0.2, 0) is 17.9 Å². The summed E-state index contributed by atoms with van der Waals surface area (Å²) in [5.74, 6) is 1.39. The molecule has 1 aliphatic rings. The fourth-order valence-electron chi connectivity index (χ4n) is 3.33. The molecule has 0 unspecified atom stereocenters. The predicted molar refractivity (Wildman–Crippen MR) is 107 cm³/mol.